The Balaban J connectivity index is 2.69. The molecule has 1 amide bonds. The molecule has 0 aliphatic rings. The van der Waals surface area contributed by atoms with Gasteiger partial charge >= 0.3 is 5.97 Å². The molecule has 1 aromatic rings. The van der Waals surface area contributed by atoms with E-state index in [0.29, 0.717) is 17.9 Å². The molecule has 0 aliphatic heterocycles. The number of aromatic nitrogens is 1. The third-order valence-corrected chi connectivity index (χ3v) is 2.72. The zero-order valence-corrected chi connectivity index (χ0v) is 11.5. The molecule has 0 aromatic carbocycles. The van der Waals surface area contributed by atoms with Crippen LogP contribution in [0.5, 0.6) is 0 Å². The molecule has 1 rings (SSSR count). The maximum absolute atomic E-state index is 11.6. The fourth-order valence-electron chi connectivity index (χ4n) is 1.56. The minimum atomic E-state index is -0.859. The second kappa shape index (κ2) is 7.14. The van der Waals surface area contributed by atoms with Gasteiger partial charge in [0.1, 0.15) is 5.82 Å². The highest BCUT2D eigenvalue weighted by molar-refractivity contribution is 5.94. The molecule has 20 heavy (non-hydrogen) atoms. The summed E-state index contributed by atoms with van der Waals surface area (Å²) in [5, 5.41) is 11.4. The van der Waals surface area contributed by atoms with E-state index in [-0.39, 0.29) is 12.5 Å². The first kappa shape index (κ1) is 15.5. The molecule has 0 saturated heterocycles. The van der Waals surface area contributed by atoms with Crippen molar-refractivity contribution in [1.29, 1.82) is 0 Å². The van der Waals surface area contributed by atoms with Gasteiger partial charge in [0, 0.05) is 19.8 Å². The summed E-state index contributed by atoms with van der Waals surface area (Å²) in [6.45, 7) is 2.13. The summed E-state index contributed by atoms with van der Waals surface area (Å²) >= 11 is 0. The van der Waals surface area contributed by atoms with Gasteiger partial charge in [0.05, 0.1) is 18.0 Å². The number of carboxylic acids is 1. The molecule has 0 spiro atoms. The van der Waals surface area contributed by atoms with Crippen molar-refractivity contribution in [2.24, 2.45) is 5.92 Å². The van der Waals surface area contributed by atoms with Crippen LogP contribution in [0.15, 0.2) is 18.3 Å². The molecule has 0 radical (unpaired) electrons. The van der Waals surface area contributed by atoms with Crippen LogP contribution in [-0.4, -0.2) is 42.1 Å². The van der Waals surface area contributed by atoms with E-state index in [1.54, 1.807) is 31.0 Å². The van der Waals surface area contributed by atoms with Gasteiger partial charge in [-0.25, -0.2) is 4.98 Å². The van der Waals surface area contributed by atoms with Crippen LogP contribution in [-0.2, 0) is 4.79 Å². The third kappa shape index (κ3) is 4.28. The molecule has 0 aliphatic carbocycles. The van der Waals surface area contributed by atoms with Crippen molar-refractivity contribution >= 4 is 17.7 Å². The Morgan fingerprint density at radius 1 is 1.55 bits per heavy atom. The SMILES string of the molecule is C#CCNC(=O)c1ccc(N(C)CC(C)C(=O)O)nc1. The standard InChI is InChI=1S/C14H17N3O3/c1-4-7-15-13(18)11-5-6-12(16-8-11)17(3)9-10(2)14(19)20/h1,5-6,8,10H,7,9H2,2-3H3,(H,15,18)(H,19,20). The third-order valence-electron chi connectivity index (χ3n) is 2.72. The van der Waals surface area contributed by atoms with E-state index in [0.717, 1.165) is 0 Å². The summed E-state index contributed by atoms with van der Waals surface area (Å²) in [6, 6.07) is 3.29. The Morgan fingerprint density at radius 2 is 2.25 bits per heavy atom. The number of aliphatic carboxylic acids is 1. The van der Waals surface area contributed by atoms with Crippen LogP contribution in [0, 0.1) is 18.3 Å². The Hall–Kier alpha value is -2.55. The molecule has 6 nitrogen and oxygen atoms in total. The van der Waals surface area contributed by atoms with Gasteiger partial charge in [-0.2, -0.15) is 0 Å². The molecular weight excluding hydrogens is 258 g/mol. The number of amides is 1. The lowest BCUT2D eigenvalue weighted by Crippen LogP contribution is -2.29. The molecule has 6 heteroatoms. The van der Waals surface area contributed by atoms with Crippen LogP contribution in [0.2, 0.25) is 0 Å². The maximum Gasteiger partial charge on any atom is 0.308 e. The first-order valence-electron chi connectivity index (χ1n) is 6.07. The zero-order valence-electron chi connectivity index (χ0n) is 11.5. The smallest absolute Gasteiger partial charge is 0.308 e. The van der Waals surface area contributed by atoms with Crippen LogP contribution in [0.4, 0.5) is 5.82 Å². The molecule has 1 atom stereocenters. The Morgan fingerprint density at radius 3 is 2.75 bits per heavy atom. The molecule has 0 fully saturated rings. The van der Waals surface area contributed by atoms with E-state index < -0.39 is 11.9 Å². The zero-order chi connectivity index (χ0) is 15.1. The first-order chi connectivity index (χ1) is 9.45. The number of rotatable bonds is 6. The van der Waals surface area contributed by atoms with E-state index in [4.69, 9.17) is 11.5 Å². The summed E-state index contributed by atoms with van der Waals surface area (Å²) in [5.41, 5.74) is 0.406. The number of nitrogens with one attached hydrogen (secondary N) is 1. The fraction of sp³-hybridized carbons (Fsp3) is 0.357. The molecule has 1 unspecified atom stereocenters. The number of carboxylic acid groups (broad SMARTS) is 1. The Bertz CT molecular complexity index is 519. The molecular formula is C14H17N3O3. The monoisotopic (exact) mass is 275 g/mol. The van der Waals surface area contributed by atoms with Crippen LogP contribution >= 0.6 is 0 Å². The van der Waals surface area contributed by atoms with Crippen molar-refractivity contribution < 1.29 is 14.7 Å². The molecule has 2 N–H and O–H groups in total. The van der Waals surface area contributed by atoms with Crippen LogP contribution < -0.4 is 10.2 Å². The van der Waals surface area contributed by atoms with Crippen LogP contribution in [0.1, 0.15) is 17.3 Å². The first-order valence-corrected chi connectivity index (χ1v) is 6.07. The second-order valence-electron chi connectivity index (χ2n) is 4.41. The average molecular weight is 275 g/mol. The number of pyridine rings is 1. The Labute approximate surface area is 117 Å². The van der Waals surface area contributed by atoms with Crippen LogP contribution in [0.3, 0.4) is 0 Å². The minimum Gasteiger partial charge on any atom is -0.481 e. The van der Waals surface area contributed by atoms with Crippen molar-refractivity contribution in [3.63, 3.8) is 0 Å². The van der Waals surface area contributed by atoms with E-state index in [1.165, 1.54) is 6.20 Å². The van der Waals surface area contributed by atoms with Gasteiger partial charge in [-0.15, -0.1) is 6.42 Å². The molecule has 1 heterocycles. The molecule has 0 bridgehead atoms. The molecule has 0 saturated carbocycles. The van der Waals surface area contributed by atoms with Crippen molar-refractivity contribution in [3.8, 4) is 12.3 Å². The van der Waals surface area contributed by atoms with Gasteiger partial charge in [-0.1, -0.05) is 12.8 Å². The van der Waals surface area contributed by atoms with Crippen molar-refractivity contribution in [1.82, 2.24) is 10.3 Å². The Kier molecular flexibility index (Phi) is 5.54. The highest BCUT2D eigenvalue weighted by atomic mass is 16.4. The topological polar surface area (TPSA) is 82.5 Å². The van der Waals surface area contributed by atoms with Gasteiger partial charge in [-0.05, 0) is 12.1 Å². The van der Waals surface area contributed by atoms with E-state index in [9.17, 15) is 9.59 Å². The fourth-order valence-corrected chi connectivity index (χ4v) is 1.56. The number of anilines is 1. The van der Waals surface area contributed by atoms with Crippen molar-refractivity contribution in [3.05, 3.63) is 23.9 Å². The summed E-state index contributed by atoms with van der Waals surface area (Å²) in [5.74, 6) is 1.27. The number of nitrogens with zero attached hydrogens (tertiary/aromatic N) is 2. The van der Waals surface area contributed by atoms with Crippen molar-refractivity contribution in [2.75, 3.05) is 25.0 Å². The van der Waals surface area contributed by atoms with Crippen molar-refractivity contribution in [2.45, 2.75) is 6.92 Å². The van der Waals surface area contributed by atoms with Gasteiger partial charge in [0.15, 0.2) is 0 Å². The number of hydrogen-bond acceptors (Lipinski definition) is 4. The van der Waals surface area contributed by atoms with Gasteiger partial charge in [-0.3, -0.25) is 9.59 Å². The summed E-state index contributed by atoms with van der Waals surface area (Å²) in [4.78, 5) is 28.3. The van der Waals surface area contributed by atoms with E-state index in [1.807, 2.05) is 0 Å². The quantitative estimate of drug-likeness (QED) is 0.743. The normalized spacial score (nSPS) is 11.2. The van der Waals surface area contributed by atoms with E-state index in [2.05, 4.69) is 16.2 Å². The lowest BCUT2D eigenvalue weighted by molar-refractivity contribution is -0.140. The molecule has 1 aromatic heterocycles. The van der Waals surface area contributed by atoms with Gasteiger partial charge in [0.2, 0.25) is 0 Å². The number of terminal acetylenes is 1. The maximum atomic E-state index is 11.6. The predicted octanol–water partition coefficient (Wildman–Crippen LogP) is 0.602. The predicted molar refractivity (Wildman–Crippen MR) is 75.5 cm³/mol. The highest BCUT2D eigenvalue weighted by Gasteiger charge is 2.15. The minimum absolute atomic E-state index is 0.163. The summed E-state index contributed by atoms with van der Waals surface area (Å²) in [7, 11) is 1.75. The number of carbonyl (C=O) groups excluding carboxylic acids is 1. The molecule has 106 valence electrons. The van der Waals surface area contributed by atoms with E-state index >= 15 is 0 Å². The lowest BCUT2D eigenvalue weighted by Gasteiger charge is -2.20. The average Bonchev–Trinajstić information content (AvgIpc) is 2.44. The number of hydrogen-bond donors (Lipinski definition) is 2. The lowest BCUT2D eigenvalue weighted by atomic mass is 10.2. The number of carbonyl (C=O) groups is 2. The van der Waals surface area contributed by atoms with Crippen LogP contribution in [0.25, 0.3) is 0 Å². The summed E-state index contributed by atoms with van der Waals surface area (Å²) in [6.07, 6.45) is 6.49. The highest BCUT2D eigenvalue weighted by Crippen LogP contribution is 2.11. The second-order valence-corrected chi connectivity index (χ2v) is 4.41. The largest absolute Gasteiger partial charge is 0.481 e. The van der Waals surface area contributed by atoms with Gasteiger partial charge < -0.3 is 15.3 Å². The van der Waals surface area contributed by atoms with Gasteiger partial charge in [0.25, 0.3) is 5.91 Å². The summed E-state index contributed by atoms with van der Waals surface area (Å²) < 4.78 is 0.